The quantitative estimate of drug-likeness (QED) is 0.486. The fourth-order valence-electron chi connectivity index (χ4n) is 4.38. The zero-order chi connectivity index (χ0) is 23.4. The SMILES string of the molecule is COc1ccc(C)cc1N(C(=O)Cc1cccs1)[C@@H](C(=O)NC1CCCC1)c1ccc(C)o1. The highest BCUT2D eigenvalue weighted by atomic mass is 32.1. The van der Waals surface area contributed by atoms with Gasteiger partial charge in [-0.2, -0.15) is 0 Å². The van der Waals surface area contributed by atoms with Crippen LogP contribution < -0.4 is 15.0 Å². The van der Waals surface area contributed by atoms with Crippen molar-refractivity contribution < 1.29 is 18.7 Å². The number of anilines is 1. The van der Waals surface area contributed by atoms with Crippen LogP contribution in [0.2, 0.25) is 0 Å². The van der Waals surface area contributed by atoms with Crippen molar-refractivity contribution in [2.75, 3.05) is 12.0 Å². The van der Waals surface area contributed by atoms with Crippen molar-refractivity contribution in [3.63, 3.8) is 0 Å². The predicted octanol–water partition coefficient (Wildman–Crippen LogP) is 5.34. The first kappa shape index (κ1) is 23.1. The topological polar surface area (TPSA) is 71.8 Å². The number of rotatable bonds is 8. The zero-order valence-corrected chi connectivity index (χ0v) is 20.1. The highest BCUT2D eigenvalue weighted by Crippen LogP contribution is 2.37. The van der Waals surface area contributed by atoms with Gasteiger partial charge in [-0.15, -0.1) is 11.3 Å². The Morgan fingerprint density at radius 3 is 2.61 bits per heavy atom. The van der Waals surface area contributed by atoms with Crippen LogP contribution in [0.15, 0.2) is 52.3 Å². The van der Waals surface area contributed by atoms with Gasteiger partial charge in [-0.05, 0) is 68.0 Å². The van der Waals surface area contributed by atoms with Gasteiger partial charge in [0.05, 0.1) is 19.2 Å². The maximum Gasteiger partial charge on any atom is 0.251 e. The first-order valence-electron chi connectivity index (χ1n) is 11.3. The standard InChI is InChI=1S/C26H30N2O4S/c1-17-10-12-22(31-3)21(15-17)28(24(29)16-20-9-6-14-33-20)25(23-13-11-18(2)32-23)26(30)27-19-7-4-5-8-19/h6,9-15,19,25H,4-5,7-8,16H2,1-3H3,(H,27,30)/t25-/m1/s1. The number of thiophene rings is 1. The van der Waals surface area contributed by atoms with Gasteiger partial charge in [0.15, 0.2) is 6.04 Å². The molecule has 174 valence electrons. The van der Waals surface area contributed by atoms with Gasteiger partial charge in [0.1, 0.15) is 17.3 Å². The van der Waals surface area contributed by atoms with Crippen molar-refractivity contribution in [2.45, 2.75) is 58.0 Å². The monoisotopic (exact) mass is 466 g/mol. The Morgan fingerprint density at radius 1 is 1.18 bits per heavy atom. The molecule has 0 radical (unpaired) electrons. The third-order valence-corrected chi connectivity index (χ3v) is 6.88. The number of ether oxygens (including phenoxy) is 1. The van der Waals surface area contributed by atoms with Crippen LogP contribution in [0.5, 0.6) is 5.75 Å². The summed E-state index contributed by atoms with van der Waals surface area (Å²) in [5.41, 5.74) is 1.52. The number of carbonyl (C=O) groups is 2. The van der Waals surface area contributed by atoms with Gasteiger partial charge in [-0.25, -0.2) is 0 Å². The molecular weight excluding hydrogens is 436 g/mol. The highest BCUT2D eigenvalue weighted by Gasteiger charge is 2.37. The molecule has 0 spiro atoms. The van der Waals surface area contributed by atoms with E-state index < -0.39 is 6.04 Å². The second kappa shape index (κ2) is 10.3. The second-order valence-corrected chi connectivity index (χ2v) is 9.57. The summed E-state index contributed by atoms with van der Waals surface area (Å²) in [5, 5.41) is 5.12. The summed E-state index contributed by atoms with van der Waals surface area (Å²) >= 11 is 1.52. The molecule has 1 saturated carbocycles. The van der Waals surface area contributed by atoms with E-state index in [9.17, 15) is 9.59 Å². The number of aryl methyl sites for hydroxylation is 2. The minimum Gasteiger partial charge on any atom is -0.495 e. The van der Waals surface area contributed by atoms with E-state index in [-0.39, 0.29) is 24.3 Å². The first-order valence-corrected chi connectivity index (χ1v) is 12.2. The van der Waals surface area contributed by atoms with Crippen LogP contribution in [0, 0.1) is 13.8 Å². The zero-order valence-electron chi connectivity index (χ0n) is 19.3. The molecule has 2 aromatic heterocycles. The smallest absolute Gasteiger partial charge is 0.251 e. The molecule has 1 fully saturated rings. The van der Waals surface area contributed by atoms with Crippen LogP contribution in [0.3, 0.4) is 0 Å². The van der Waals surface area contributed by atoms with Gasteiger partial charge in [0.2, 0.25) is 5.91 Å². The summed E-state index contributed by atoms with van der Waals surface area (Å²) in [6.45, 7) is 3.79. The van der Waals surface area contributed by atoms with E-state index in [1.807, 2.05) is 55.6 Å². The summed E-state index contributed by atoms with van der Waals surface area (Å²) in [7, 11) is 1.57. The van der Waals surface area contributed by atoms with E-state index in [1.165, 1.54) is 11.3 Å². The summed E-state index contributed by atoms with van der Waals surface area (Å²) in [6.07, 6.45) is 4.28. The molecule has 0 unspecified atom stereocenters. The highest BCUT2D eigenvalue weighted by molar-refractivity contribution is 7.10. The van der Waals surface area contributed by atoms with Gasteiger partial charge in [-0.3, -0.25) is 14.5 Å². The van der Waals surface area contributed by atoms with E-state index in [4.69, 9.17) is 9.15 Å². The van der Waals surface area contributed by atoms with Crippen LogP contribution >= 0.6 is 11.3 Å². The van der Waals surface area contributed by atoms with Gasteiger partial charge < -0.3 is 14.5 Å². The van der Waals surface area contributed by atoms with Gasteiger partial charge in [-0.1, -0.05) is 25.0 Å². The van der Waals surface area contributed by atoms with Crippen LogP contribution in [0.1, 0.15) is 53.7 Å². The van der Waals surface area contributed by atoms with Gasteiger partial charge in [0.25, 0.3) is 5.91 Å². The largest absolute Gasteiger partial charge is 0.495 e. The van der Waals surface area contributed by atoms with Crippen LogP contribution in [-0.4, -0.2) is 25.0 Å². The molecule has 0 aliphatic heterocycles. The number of carbonyl (C=O) groups excluding carboxylic acids is 2. The lowest BCUT2D eigenvalue weighted by atomic mass is 10.1. The first-order chi connectivity index (χ1) is 16.0. The third-order valence-electron chi connectivity index (χ3n) is 6.01. The molecule has 1 aliphatic carbocycles. The Hall–Kier alpha value is -3.06. The van der Waals surface area contributed by atoms with Crippen molar-refractivity contribution in [1.29, 1.82) is 0 Å². The maximum absolute atomic E-state index is 13.8. The Morgan fingerprint density at radius 2 is 1.97 bits per heavy atom. The van der Waals surface area contributed by atoms with Crippen molar-refractivity contribution >= 4 is 28.8 Å². The molecule has 1 aromatic carbocycles. The van der Waals surface area contributed by atoms with E-state index >= 15 is 0 Å². The molecule has 6 nitrogen and oxygen atoms in total. The average molecular weight is 467 g/mol. The molecule has 1 aliphatic rings. The van der Waals surface area contributed by atoms with Crippen LogP contribution in [0.25, 0.3) is 0 Å². The van der Waals surface area contributed by atoms with Crippen molar-refractivity contribution in [2.24, 2.45) is 0 Å². The predicted molar refractivity (Wildman–Crippen MR) is 130 cm³/mol. The number of nitrogens with one attached hydrogen (secondary N) is 1. The molecule has 0 saturated heterocycles. The third kappa shape index (κ3) is 5.30. The molecule has 2 heterocycles. The molecule has 1 atom stereocenters. The molecule has 0 bridgehead atoms. The van der Waals surface area contributed by atoms with Crippen LogP contribution in [-0.2, 0) is 16.0 Å². The van der Waals surface area contributed by atoms with E-state index in [0.29, 0.717) is 23.0 Å². The lowest BCUT2D eigenvalue weighted by molar-refractivity contribution is -0.127. The normalized spacial score (nSPS) is 14.8. The number of methoxy groups -OCH3 is 1. The number of amides is 2. The lowest BCUT2D eigenvalue weighted by Gasteiger charge is -2.32. The molecular formula is C26H30N2O4S. The minimum atomic E-state index is -0.942. The number of nitrogens with zero attached hydrogens (tertiary/aromatic N) is 1. The van der Waals surface area contributed by atoms with E-state index in [0.717, 1.165) is 36.1 Å². The minimum absolute atomic E-state index is 0.115. The molecule has 1 N–H and O–H groups in total. The van der Waals surface area contributed by atoms with Crippen molar-refractivity contribution in [3.8, 4) is 5.75 Å². The molecule has 2 amide bonds. The number of hydrogen-bond donors (Lipinski definition) is 1. The van der Waals surface area contributed by atoms with Gasteiger partial charge in [0, 0.05) is 10.9 Å². The Kier molecular flexibility index (Phi) is 7.18. The van der Waals surface area contributed by atoms with Crippen LogP contribution in [0.4, 0.5) is 5.69 Å². The van der Waals surface area contributed by atoms with E-state index in [2.05, 4.69) is 5.32 Å². The van der Waals surface area contributed by atoms with Gasteiger partial charge >= 0.3 is 0 Å². The van der Waals surface area contributed by atoms with Crippen molar-refractivity contribution in [3.05, 3.63) is 69.8 Å². The summed E-state index contributed by atoms with van der Waals surface area (Å²) in [5.74, 6) is 1.22. The number of benzene rings is 1. The summed E-state index contributed by atoms with van der Waals surface area (Å²) in [6, 6.07) is 12.3. The molecule has 3 aromatic rings. The number of furan rings is 1. The maximum atomic E-state index is 13.8. The second-order valence-electron chi connectivity index (χ2n) is 8.54. The number of hydrogen-bond acceptors (Lipinski definition) is 5. The average Bonchev–Trinajstić information content (AvgIpc) is 3.56. The molecule has 7 heteroatoms. The fourth-order valence-corrected chi connectivity index (χ4v) is 5.07. The molecule has 4 rings (SSSR count). The fraction of sp³-hybridized carbons (Fsp3) is 0.385. The Balaban J connectivity index is 1.80. The summed E-state index contributed by atoms with van der Waals surface area (Å²) < 4.78 is 11.5. The Labute approximate surface area is 198 Å². The van der Waals surface area contributed by atoms with Crippen molar-refractivity contribution in [1.82, 2.24) is 5.32 Å². The van der Waals surface area contributed by atoms with E-state index in [1.54, 1.807) is 18.1 Å². The lowest BCUT2D eigenvalue weighted by Crippen LogP contribution is -2.46. The Bertz CT molecular complexity index is 1100. The summed E-state index contributed by atoms with van der Waals surface area (Å²) in [4.78, 5) is 30.0. The molecule has 33 heavy (non-hydrogen) atoms.